The van der Waals surface area contributed by atoms with Crippen molar-refractivity contribution in [2.75, 3.05) is 14.2 Å². The fourth-order valence-corrected chi connectivity index (χ4v) is 3.70. The van der Waals surface area contributed by atoms with Crippen LogP contribution in [0.25, 0.3) is 22.3 Å². The Balaban J connectivity index is 1.78. The van der Waals surface area contributed by atoms with Gasteiger partial charge < -0.3 is 29.5 Å². The van der Waals surface area contributed by atoms with Crippen LogP contribution < -0.4 is 14.2 Å². The second kappa shape index (κ2) is 10.0. The van der Waals surface area contributed by atoms with Gasteiger partial charge in [0, 0.05) is 17.3 Å². The maximum absolute atomic E-state index is 12.0. The number of carboxylic acids is 1. The van der Waals surface area contributed by atoms with Gasteiger partial charge in [0.05, 0.1) is 19.9 Å². The number of nitrogens with zero attached hydrogens (tertiary/aromatic N) is 1. The highest BCUT2D eigenvalue weighted by Crippen LogP contribution is 2.44. The van der Waals surface area contributed by atoms with E-state index in [1.54, 1.807) is 60.8 Å². The summed E-state index contributed by atoms with van der Waals surface area (Å²) in [6.45, 7) is -0.00744. The molecule has 3 N–H and O–H groups in total. The van der Waals surface area contributed by atoms with Crippen LogP contribution in [0.2, 0.25) is 0 Å². The van der Waals surface area contributed by atoms with Crippen LogP contribution in [0.5, 0.6) is 28.7 Å². The van der Waals surface area contributed by atoms with Gasteiger partial charge in [0.1, 0.15) is 29.4 Å². The molecule has 8 nitrogen and oxygen atoms in total. The van der Waals surface area contributed by atoms with Gasteiger partial charge in [-0.05, 0) is 59.7 Å². The molecule has 0 atom stereocenters. The molecule has 0 aliphatic carbocycles. The lowest BCUT2D eigenvalue weighted by Gasteiger charge is -2.17. The van der Waals surface area contributed by atoms with E-state index in [-0.39, 0.29) is 29.4 Å². The number of aromatic hydroxyl groups is 2. The van der Waals surface area contributed by atoms with E-state index in [0.717, 1.165) is 5.56 Å². The largest absolute Gasteiger partial charge is 0.508 e. The molecule has 0 bridgehead atoms. The minimum absolute atomic E-state index is 0.00744. The lowest BCUT2D eigenvalue weighted by Crippen LogP contribution is -2.05. The van der Waals surface area contributed by atoms with Gasteiger partial charge in [0.15, 0.2) is 11.5 Å². The molecule has 0 spiro atoms. The number of ether oxygens (including phenoxy) is 3. The van der Waals surface area contributed by atoms with Crippen molar-refractivity contribution in [1.82, 2.24) is 4.98 Å². The van der Waals surface area contributed by atoms with Crippen LogP contribution in [0.1, 0.15) is 16.1 Å². The standard InChI is InChI=1S/C27H23NO7/c1-33-24-14-21(25(34-2)13-20(24)16-6-8-19(29)9-7-16)17-11-22(27(31)32)26(23(30)12-17)35-15-18-5-3-4-10-28-18/h3-14,29-30H,15H2,1-2H3,(H,31,32). The molecule has 3 aromatic carbocycles. The fourth-order valence-electron chi connectivity index (χ4n) is 3.70. The summed E-state index contributed by atoms with van der Waals surface area (Å²) in [5.41, 5.74) is 2.80. The summed E-state index contributed by atoms with van der Waals surface area (Å²) in [5, 5.41) is 30.1. The lowest BCUT2D eigenvalue weighted by molar-refractivity contribution is 0.0690. The molecule has 0 radical (unpaired) electrons. The Morgan fingerprint density at radius 3 is 2.09 bits per heavy atom. The Labute approximate surface area is 201 Å². The average Bonchev–Trinajstić information content (AvgIpc) is 2.87. The van der Waals surface area contributed by atoms with Gasteiger partial charge >= 0.3 is 5.97 Å². The van der Waals surface area contributed by atoms with Crippen molar-refractivity contribution in [3.8, 4) is 51.0 Å². The molecule has 0 amide bonds. The fraction of sp³-hybridized carbons (Fsp3) is 0.111. The number of hydrogen-bond donors (Lipinski definition) is 3. The summed E-state index contributed by atoms with van der Waals surface area (Å²) in [7, 11) is 3.01. The van der Waals surface area contributed by atoms with Crippen molar-refractivity contribution in [3.63, 3.8) is 0 Å². The Morgan fingerprint density at radius 1 is 0.857 bits per heavy atom. The van der Waals surface area contributed by atoms with Gasteiger partial charge in [-0.1, -0.05) is 18.2 Å². The Kier molecular flexibility index (Phi) is 6.73. The third kappa shape index (κ3) is 4.96. The summed E-state index contributed by atoms with van der Waals surface area (Å²) in [6, 6.07) is 18.2. The van der Waals surface area contributed by atoms with Gasteiger partial charge in [-0.2, -0.15) is 0 Å². The number of rotatable bonds is 8. The van der Waals surface area contributed by atoms with Crippen molar-refractivity contribution in [3.05, 3.63) is 84.2 Å². The lowest BCUT2D eigenvalue weighted by atomic mass is 9.96. The molecular weight excluding hydrogens is 450 g/mol. The van der Waals surface area contributed by atoms with E-state index < -0.39 is 5.97 Å². The molecule has 1 heterocycles. The molecule has 0 saturated carbocycles. The van der Waals surface area contributed by atoms with Crippen molar-refractivity contribution >= 4 is 5.97 Å². The number of carbonyl (C=O) groups is 1. The number of hydrogen-bond acceptors (Lipinski definition) is 7. The van der Waals surface area contributed by atoms with Crippen molar-refractivity contribution in [2.24, 2.45) is 0 Å². The van der Waals surface area contributed by atoms with Gasteiger partial charge in [-0.15, -0.1) is 0 Å². The number of aromatic carboxylic acids is 1. The van der Waals surface area contributed by atoms with E-state index in [0.29, 0.717) is 33.9 Å². The van der Waals surface area contributed by atoms with Gasteiger partial charge in [-0.3, -0.25) is 4.98 Å². The van der Waals surface area contributed by atoms with Crippen LogP contribution in [0.15, 0.2) is 72.9 Å². The summed E-state index contributed by atoms with van der Waals surface area (Å²) in [6.07, 6.45) is 1.60. The van der Waals surface area contributed by atoms with Crippen molar-refractivity contribution in [2.45, 2.75) is 6.61 Å². The second-order valence-corrected chi connectivity index (χ2v) is 7.59. The molecule has 0 aliphatic rings. The molecule has 0 fully saturated rings. The van der Waals surface area contributed by atoms with Crippen LogP contribution in [-0.2, 0) is 6.61 Å². The summed E-state index contributed by atoms with van der Waals surface area (Å²) >= 11 is 0. The highest BCUT2D eigenvalue weighted by atomic mass is 16.5. The first-order chi connectivity index (χ1) is 16.9. The summed E-state index contributed by atoms with van der Waals surface area (Å²) in [4.78, 5) is 16.2. The minimum atomic E-state index is -1.26. The highest BCUT2D eigenvalue weighted by molar-refractivity contribution is 5.95. The smallest absolute Gasteiger partial charge is 0.339 e. The number of methoxy groups -OCH3 is 2. The predicted octanol–water partition coefficient (Wildman–Crippen LogP) is 5.12. The van der Waals surface area contributed by atoms with Crippen LogP contribution in [0.4, 0.5) is 0 Å². The molecule has 8 heteroatoms. The summed E-state index contributed by atoms with van der Waals surface area (Å²) < 4.78 is 16.8. The molecule has 1 aromatic heterocycles. The predicted molar refractivity (Wildman–Crippen MR) is 129 cm³/mol. The topological polar surface area (TPSA) is 118 Å². The van der Waals surface area contributed by atoms with Crippen LogP contribution >= 0.6 is 0 Å². The zero-order valence-electron chi connectivity index (χ0n) is 19.1. The minimum Gasteiger partial charge on any atom is -0.508 e. The van der Waals surface area contributed by atoms with E-state index in [9.17, 15) is 20.1 Å². The molecule has 178 valence electrons. The van der Waals surface area contributed by atoms with E-state index in [4.69, 9.17) is 14.2 Å². The summed E-state index contributed by atoms with van der Waals surface area (Å²) in [5.74, 6) is -0.675. The van der Waals surface area contributed by atoms with Gasteiger partial charge in [-0.25, -0.2) is 4.79 Å². The SMILES string of the molecule is COc1cc(-c2cc(O)c(OCc3ccccn3)c(C(=O)O)c2)c(OC)cc1-c1ccc(O)cc1. The number of benzene rings is 3. The zero-order valence-corrected chi connectivity index (χ0v) is 19.1. The molecule has 0 unspecified atom stereocenters. The van der Waals surface area contributed by atoms with Crippen molar-refractivity contribution in [1.29, 1.82) is 0 Å². The number of carboxylic acid groups (broad SMARTS) is 1. The van der Waals surface area contributed by atoms with E-state index >= 15 is 0 Å². The van der Waals surface area contributed by atoms with E-state index in [1.807, 2.05) is 0 Å². The molecule has 4 aromatic rings. The molecule has 4 rings (SSSR count). The molecule has 35 heavy (non-hydrogen) atoms. The normalized spacial score (nSPS) is 10.6. The number of phenols is 2. The monoisotopic (exact) mass is 473 g/mol. The quantitative estimate of drug-likeness (QED) is 0.323. The molecule has 0 saturated heterocycles. The van der Waals surface area contributed by atoms with E-state index in [2.05, 4.69) is 4.98 Å². The first-order valence-corrected chi connectivity index (χ1v) is 10.6. The first-order valence-electron chi connectivity index (χ1n) is 10.6. The first kappa shape index (κ1) is 23.4. The third-order valence-corrected chi connectivity index (χ3v) is 5.40. The highest BCUT2D eigenvalue weighted by Gasteiger charge is 2.21. The van der Waals surface area contributed by atoms with Gasteiger partial charge in [0.2, 0.25) is 0 Å². The number of pyridine rings is 1. The maximum atomic E-state index is 12.0. The Bertz CT molecular complexity index is 1350. The van der Waals surface area contributed by atoms with E-state index in [1.165, 1.54) is 26.4 Å². The second-order valence-electron chi connectivity index (χ2n) is 7.59. The van der Waals surface area contributed by atoms with Crippen LogP contribution in [0, 0.1) is 0 Å². The average molecular weight is 473 g/mol. The number of phenolic OH excluding ortho intramolecular Hbond substituents is 2. The third-order valence-electron chi connectivity index (χ3n) is 5.40. The Morgan fingerprint density at radius 2 is 1.51 bits per heavy atom. The molecule has 0 aliphatic heterocycles. The molecular formula is C27H23NO7. The maximum Gasteiger partial charge on any atom is 0.339 e. The van der Waals surface area contributed by atoms with Crippen LogP contribution in [-0.4, -0.2) is 40.5 Å². The van der Waals surface area contributed by atoms with Crippen molar-refractivity contribution < 1.29 is 34.3 Å². The van der Waals surface area contributed by atoms with Gasteiger partial charge in [0.25, 0.3) is 0 Å². The van der Waals surface area contributed by atoms with Crippen LogP contribution in [0.3, 0.4) is 0 Å². The number of aromatic nitrogens is 1. The Hall–Kier alpha value is -4.72. The zero-order chi connectivity index (χ0) is 24.9.